The number of carbonyl (C=O) groups is 1. The van der Waals surface area contributed by atoms with E-state index in [2.05, 4.69) is 48.3 Å². The second kappa shape index (κ2) is 9.16. The fourth-order valence-corrected chi connectivity index (χ4v) is 3.10. The summed E-state index contributed by atoms with van der Waals surface area (Å²) in [7, 11) is 2.01. The molecule has 0 saturated carbocycles. The van der Waals surface area contributed by atoms with Gasteiger partial charge in [-0.3, -0.25) is 4.79 Å². The summed E-state index contributed by atoms with van der Waals surface area (Å²) in [5, 5.41) is 3.32. The van der Waals surface area contributed by atoms with Crippen molar-refractivity contribution >= 4 is 18.3 Å². The van der Waals surface area contributed by atoms with E-state index in [0.717, 1.165) is 32.4 Å². The Morgan fingerprint density at radius 2 is 1.82 bits per heavy atom. The minimum Gasteiger partial charge on any atom is -0.342 e. The largest absolute Gasteiger partial charge is 0.342 e. The molecule has 0 spiro atoms. The molecule has 0 radical (unpaired) electrons. The SMILES string of the molecule is CNC1CCN(C(=O)C(Cc2ccccc2)C(C)C)CC1.Cl. The van der Waals surface area contributed by atoms with Crippen LogP contribution in [-0.2, 0) is 11.2 Å². The number of amides is 1. The number of hydrogen-bond donors (Lipinski definition) is 1. The molecule has 2 rings (SSSR count). The highest BCUT2D eigenvalue weighted by Gasteiger charge is 2.29. The summed E-state index contributed by atoms with van der Waals surface area (Å²) in [4.78, 5) is 14.9. The fourth-order valence-electron chi connectivity index (χ4n) is 3.10. The van der Waals surface area contributed by atoms with E-state index >= 15 is 0 Å². The Morgan fingerprint density at radius 1 is 1.23 bits per heavy atom. The highest BCUT2D eigenvalue weighted by molar-refractivity contribution is 5.85. The van der Waals surface area contributed by atoms with Crippen LogP contribution in [0, 0.1) is 11.8 Å². The molecular weight excluding hydrogens is 296 g/mol. The summed E-state index contributed by atoms with van der Waals surface area (Å²) in [5.41, 5.74) is 1.26. The summed E-state index contributed by atoms with van der Waals surface area (Å²) in [6.07, 6.45) is 2.99. The topological polar surface area (TPSA) is 32.3 Å². The van der Waals surface area contributed by atoms with Gasteiger partial charge in [0.1, 0.15) is 0 Å². The molecule has 1 N–H and O–H groups in total. The van der Waals surface area contributed by atoms with Crippen LogP contribution in [0.5, 0.6) is 0 Å². The maximum absolute atomic E-state index is 12.8. The van der Waals surface area contributed by atoms with Crippen LogP contribution in [0.25, 0.3) is 0 Å². The Hall–Kier alpha value is -1.06. The van der Waals surface area contributed by atoms with Gasteiger partial charge in [0.15, 0.2) is 0 Å². The van der Waals surface area contributed by atoms with E-state index < -0.39 is 0 Å². The summed E-state index contributed by atoms with van der Waals surface area (Å²) in [6, 6.07) is 10.9. The van der Waals surface area contributed by atoms with Crippen molar-refractivity contribution in [2.24, 2.45) is 11.8 Å². The van der Waals surface area contributed by atoms with E-state index in [1.807, 2.05) is 13.1 Å². The zero-order valence-corrected chi connectivity index (χ0v) is 14.7. The van der Waals surface area contributed by atoms with Crippen LogP contribution in [0.1, 0.15) is 32.3 Å². The molecule has 1 aromatic rings. The average Bonchev–Trinajstić information content (AvgIpc) is 2.53. The van der Waals surface area contributed by atoms with Crippen molar-refractivity contribution < 1.29 is 4.79 Å². The van der Waals surface area contributed by atoms with E-state index in [0.29, 0.717) is 17.9 Å². The Bertz CT molecular complexity index is 442. The van der Waals surface area contributed by atoms with Gasteiger partial charge in [0.25, 0.3) is 0 Å². The molecule has 1 aliphatic rings. The van der Waals surface area contributed by atoms with E-state index in [1.54, 1.807) is 0 Å². The van der Waals surface area contributed by atoms with E-state index in [-0.39, 0.29) is 18.3 Å². The van der Waals surface area contributed by atoms with Gasteiger partial charge in [-0.2, -0.15) is 0 Å². The second-order valence-electron chi connectivity index (χ2n) is 6.43. The van der Waals surface area contributed by atoms with E-state index in [9.17, 15) is 4.79 Å². The van der Waals surface area contributed by atoms with Gasteiger partial charge in [-0.15, -0.1) is 12.4 Å². The monoisotopic (exact) mass is 324 g/mol. The minimum atomic E-state index is 0. The number of halogens is 1. The molecule has 1 saturated heterocycles. The number of carbonyl (C=O) groups excluding carboxylic acids is 1. The summed E-state index contributed by atoms with van der Waals surface area (Å²) >= 11 is 0. The number of nitrogens with zero attached hydrogens (tertiary/aromatic N) is 1. The highest BCUT2D eigenvalue weighted by Crippen LogP contribution is 2.22. The van der Waals surface area contributed by atoms with Crippen molar-refractivity contribution in [3.05, 3.63) is 35.9 Å². The number of nitrogens with one attached hydrogen (secondary N) is 1. The first-order valence-corrected chi connectivity index (χ1v) is 8.11. The number of likely N-dealkylation sites (tertiary alicyclic amines) is 1. The minimum absolute atomic E-state index is 0. The lowest BCUT2D eigenvalue weighted by molar-refractivity contribution is -0.138. The number of benzene rings is 1. The second-order valence-corrected chi connectivity index (χ2v) is 6.43. The number of rotatable bonds is 5. The van der Waals surface area contributed by atoms with Crippen LogP contribution >= 0.6 is 12.4 Å². The van der Waals surface area contributed by atoms with E-state index in [1.165, 1.54) is 5.56 Å². The molecule has 1 amide bonds. The molecule has 0 bridgehead atoms. The van der Waals surface area contributed by atoms with Crippen LogP contribution in [0.2, 0.25) is 0 Å². The Balaban J connectivity index is 0.00000242. The predicted molar refractivity (Wildman–Crippen MR) is 94.4 cm³/mol. The van der Waals surface area contributed by atoms with Gasteiger partial charge in [-0.25, -0.2) is 0 Å². The maximum Gasteiger partial charge on any atom is 0.226 e. The van der Waals surface area contributed by atoms with Gasteiger partial charge in [-0.05, 0) is 37.8 Å². The lowest BCUT2D eigenvalue weighted by atomic mass is 9.87. The van der Waals surface area contributed by atoms with Crippen LogP contribution in [0.3, 0.4) is 0 Å². The molecular formula is C18H29ClN2O. The Labute approximate surface area is 140 Å². The zero-order chi connectivity index (χ0) is 15.2. The van der Waals surface area contributed by atoms with Crippen molar-refractivity contribution in [2.75, 3.05) is 20.1 Å². The standard InChI is InChI=1S/C18H28N2O.ClH/c1-14(2)17(13-15-7-5-4-6-8-15)18(21)20-11-9-16(19-3)10-12-20;/h4-8,14,16-17,19H,9-13H2,1-3H3;1H. The predicted octanol–water partition coefficient (Wildman–Crippen LogP) is 3.13. The molecule has 1 heterocycles. The first-order valence-electron chi connectivity index (χ1n) is 8.11. The van der Waals surface area contributed by atoms with Gasteiger partial charge in [0.2, 0.25) is 5.91 Å². The molecule has 4 heteroatoms. The summed E-state index contributed by atoms with van der Waals surface area (Å²) in [5.74, 6) is 0.807. The first kappa shape index (κ1) is 19.0. The van der Waals surface area contributed by atoms with Gasteiger partial charge in [-0.1, -0.05) is 44.2 Å². The molecule has 1 fully saturated rings. The van der Waals surface area contributed by atoms with Gasteiger partial charge in [0.05, 0.1) is 0 Å². The molecule has 3 nitrogen and oxygen atoms in total. The molecule has 1 aliphatic heterocycles. The van der Waals surface area contributed by atoms with Crippen molar-refractivity contribution in [1.29, 1.82) is 0 Å². The van der Waals surface area contributed by atoms with Gasteiger partial charge < -0.3 is 10.2 Å². The Morgan fingerprint density at radius 3 is 2.32 bits per heavy atom. The van der Waals surface area contributed by atoms with Crippen molar-refractivity contribution in [2.45, 2.75) is 39.2 Å². The molecule has 0 aromatic heterocycles. The third-order valence-corrected chi connectivity index (χ3v) is 4.64. The molecule has 0 aliphatic carbocycles. The molecule has 1 unspecified atom stereocenters. The van der Waals surface area contributed by atoms with Crippen LogP contribution in [0.15, 0.2) is 30.3 Å². The van der Waals surface area contributed by atoms with Crippen molar-refractivity contribution in [3.8, 4) is 0 Å². The smallest absolute Gasteiger partial charge is 0.226 e. The lowest BCUT2D eigenvalue weighted by Gasteiger charge is -2.35. The summed E-state index contributed by atoms with van der Waals surface area (Å²) < 4.78 is 0. The first-order chi connectivity index (χ1) is 10.1. The fraction of sp³-hybridized carbons (Fsp3) is 0.611. The molecule has 1 aromatic carbocycles. The van der Waals surface area contributed by atoms with Gasteiger partial charge in [0, 0.05) is 25.0 Å². The zero-order valence-electron chi connectivity index (χ0n) is 13.9. The normalized spacial score (nSPS) is 17.2. The van der Waals surface area contributed by atoms with Gasteiger partial charge >= 0.3 is 0 Å². The average molecular weight is 325 g/mol. The molecule has 1 atom stereocenters. The highest BCUT2D eigenvalue weighted by atomic mass is 35.5. The maximum atomic E-state index is 12.8. The number of piperidine rings is 1. The molecule has 22 heavy (non-hydrogen) atoms. The lowest BCUT2D eigenvalue weighted by Crippen LogP contribution is -2.47. The van der Waals surface area contributed by atoms with Crippen molar-refractivity contribution in [3.63, 3.8) is 0 Å². The van der Waals surface area contributed by atoms with Crippen LogP contribution < -0.4 is 5.32 Å². The quantitative estimate of drug-likeness (QED) is 0.902. The third-order valence-electron chi connectivity index (χ3n) is 4.64. The summed E-state index contributed by atoms with van der Waals surface area (Å²) in [6.45, 7) is 6.10. The number of hydrogen-bond acceptors (Lipinski definition) is 2. The molecule has 124 valence electrons. The third kappa shape index (κ3) is 4.99. The Kier molecular flexibility index (Phi) is 7.91. The van der Waals surface area contributed by atoms with Crippen molar-refractivity contribution in [1.82, 2.24) is 10.2 Å². The van der Waals surface area contributed by atoms with E-state index in [4.69, 9.17) is 0 Å². The van der Waals surface area contributed by atoms with Crippen LogP contribution in [-0.4, -0.2) is 37.0 Å². The van der Waals surface area contributed by atoms with Crippen LogP contribution in [0.4, 0.5) is 0 Å².